The van der Waals surface area contributed by atoms with Crippen molar-refractivity contribution < 1.29 is 13.9 Å². The van der Waals surface area contributed by atoms with Crippen molar-refractivity contribution in [3.63, 3.8) is 0 Å². The lowest BCUT2D eigenvalue weighted by molar-refractivity contribution is -0.129. The van der Waals surface area contributed by atoms with E-state index in [9.17, 15) is 9.18 Å². The quantitative estimate of drug-likeness (QED) is 0.625. The van der Waals surface area contributed by atoms with Crippen molar-refractivity contribution in [3.05, 3.63) is 76.2 Å². The molecule has 1 aliphatic rings. The van der Waals surface area contributed by atoms with E-state index in [4.69, 9.17) is 16.3 Å². The predicted molar refractivity (Wildman–Crippen MR) is 78.5 cm³/mol. The van der Waals surface area contributed by atoms with Crippen LogP contribution in [0.3, 0.4) is 0 Å². The Morgan fingerprint density at radius 3 is 2.62 bits per heavy atom. The summed E-state index contributed by atoms with van der Waals surface area (Å²) in [6, 6.07) is 12.6. The van der Waals surface area contributed by atoms with E-state index in [1.54, 1.807) is 30.3 Å². The normalized spacial score (nSPS) is 16.0. The summed E-state index contributed by atoms with van der Waals surface area (Å²) in [5, 5.41) is 0.568. The number of aliphatic imine (C=N–C) groups is 1. The largest absolute Gasteiger partial charge is 0.402 e. The molecule has 3 rings (SSSR count). The van der Waals surface area contributed by atoms with Crippen LogP contribution in [0.15, 0.2) is 59.2 Å². The minimum atomic E-state index is -0.547. The molecule has 21 heavy (non-hydrogen) atoms. The summed E-state index contributed by atoms with van der Waals surface area (Å²) in [5.41, 5.74) is 1.47. The molecule has 104 valence electrons. The highest BCUT2D eigenvalue weighted by molar-refractivity contribution is 6.30. The molecule has 0 saturated heterocycles. The number of carbonyl (C=O) groups excluding carboxylic acids is 1. The first kappa shape index (κ1) is 13.5. The summed E-state index contributed by atoms with van der Waals surface area (Å²) >= 11 is 5.89. The molecule has 0 aromatic heterocycles. The molecule has 1 heterocycles. The van der Waals surface area contributed by atoms with Gasteiger partial charge in [-0.25, -0.2) is 14.2 Å². The highest BCUT2D eigenvalue weighted by Crippen LogP contribution is 2.20. The molecule has 0 atom stereocenters. The van der Waals surface area contributed by atoms with Gasteiger partial charge in [-0.05, 0) is 48.0 Å². The van der Waals surface area contributed by atoms with Crippen LogP contribution in [-0.4, -0.2) is 11.9 Å². The number of rotatable bonds is 2. The summed E-state index contributed by atoms with van der Waals surface area (Å²) in [7, 11) is 0. The van der Waals surface area contributed by atoms with Crippen molar-refractivity contribution in [2.75, 3.05) is 0 Å². The Morgan fingerprint density at radius 2 is 1.90 bits per heavy atom. The average Bonchev–Trinajstić information content (AvgIpc) is 2.81. The Labute approximate surface area is 125 Å². The minimum absolute atomic E-state index is 0.160. The van der Waals surface area contributed by atoms with Gasteiger partial charge in [-0.15, -0.1) is 0 Å². The van der Waals surface area contributed by atoms with Crippen LogP contribution in [0.2, 0.25) is 5.02 Å². The van der Waals surface area contributed by atoms with Crippen molar-refractivity contribution in [3.8, 4) is 0 Å². The van der Waals surface area contributed by atoms with Gasteiger partial charge in [0.05, 0.1) is 0 Å². The molecule has 0 fully saturated rings. The SMILES string of the molecule is O=C1OC(c2ccc(F)cc2)=NC1=Cc1cccc(Cl)c1. The smallest absolute Gasteiger partial charge is 0.363 e. The summed E-state index contributed by atoms with van der Waals surface area (Å²) in [5.74, 6) is -0.749. The molecule has 0 amide bonds. The Morgan fingerprint density at radius 1 is 1.14 bits per heavy atom. The van der Waals surface area contributed by atoms with E-state index in [0.717, 1.165) is 5.56 Å². The molecule has 0 bridgehead atoms. The molecule has 0 spiro atoms. The molecule has 2 aromatic carbocycles. The van der Waals surface area contributed by atoms with Gasteiger partial charge in [-0.1, -0.05) is 23.7 Å². The Kier molecular flexibility index (Phi) is 3.54. The van der Waals surface area contributed by atoms with Crippen LogP contribution < -0.4 is 0 Å². The second-order valence-electron chi connectivity index (χ2n) is 4.40. The van der Waals surface area contributed by atoms with Crippen molar-refractivity contribution in [2.24, 2.45) is 4.99 Å². The molecule has 0 aliphatic carbocycles. The first-order valence-electron chi connectivity index (χ1n) is 6.16. The molecule has 2 aromatic rings. The van der Waals surface area contributed by atoms with Crippen LogP contribution in [0.25, 0.3) is 6.08 Å². The second-order valence-corrected chi connectivity index (χ2v) is 4.83. The minimum Gasteiger partial charge on any atom is -0.402 e. The van der Waals surface area contributed by atoms with Crippen LogP contribution in [0.1, 0.15) is 11.1 Å². The number of benzene rings is 2. The van der Waals surface area contributed by atoms with Gasteiger partial charge in [-0.2, -0.15) is 0 Å². The van der Waals surface area contributed by atoms with Crippen molar-refractivity contribution in [2.45, 2.75) is 0 Å². The Balaban J connectivity index is 1.93. The van der Waals surface area contributed by atoms with Crippen LogP contribution >= 0.6 is 11.6 Å². The zero-order valence-corrected chi connectivity index (χ0v) is 11.5. The fourth-order valence-corrected chi connectivity index (χ4v) is 2.08. The second kappa shape index (κ2) is 5.50. The van der Waals surface area contributed by atoms with Crippen molar-refractivity contribution in [1.29, 1.82) is 0 Å². The molecule has 0 N–H and O–H groups in total. The lowest BCUT2D eigenvalue weighted by atomic mass is 10.2. The predicted octanol–water partition coefficient (Wildman–Crippen LogP) is 3.82. The van der Waals surface area contributed by atoms with E-state index in [1.807, 2.05) is 0 Å². The first-order valence-corrected chi connectivity index (χ1v) is 6.54. The number of nitrogens with zero attached hydrogens (tertiary/aromatic N) is 1. The van der Waals surface area contributed by atoms with Crippen molar-refractivity contribution in [1.82, 2.24) is 0 Å². The van der Waals surface area contributed by atoms with Gasteiger partial charge in [0.1, 0.15) is 5.82 Å². The molecular formula is C16H9ClFNO2. The molecule has 0 saturated carbocycles. The number of cyclic esters (lactones) is 1. The Hall–Kier alpha value is -2.46. The van der Waals surface area contributed by atoms with E-state index < -0.39 is 5.97 Å². The van der Waals surface area contributed by atoms with Gasteiger partial charge in [0, 0.05) is 10.6 Å². The van der Waals surface area contributed by atoms with Gasteiger partial charge in [0.15, 0.2) is 5.70 Å². The van der Waals surface area contributed by atoms with Crippen LogP contribution in [0.4, 0.5) is 4.39 Å². The fraction of sp³-hybridized carbons (Fsp3) is 0. The highest BCUT2D eigenvalue weighted by atomic mass is 35.5. The monoisotopic (exact) mass is 301 g/mol. The molecule has 0 radical (unpaired) electrons. The third kappa shape index (κ3) is 3.01. The van der Waals surface area contributed by atoms with Crippen LogP contribution in [-0.2, 0) is 9.53 Å². The van der Waals surface area contributed by atoms with Crippen LogP contribution in [0.5, 0.6) is 0 Å². The fourth-order valence-electron chi connectivity index (χ4n) is 1.88. The molecule has 5 heteroatoms. The van der Waals surface area contributed by atoms with Gasteiger partial charge in [-0.3, -0.25) is 0 Å². The number of carbonyl (C=O) groups is 1. The summed E-state index contributed by atoms with van der Waals surface area (Å²) in [6.07, 6.45) is 1.59. The highest BCUT2D eigenvalue weighted by Gasteiger charge is 2.24. The maximum absolute atomic E-state index is 12.9. The van der Waals surface area contributed by atoms with Crippen LogP contribution in [0, 0.1) is 5.82 Å². The third-order valence-corrected chi connectivity index (χ3v) is 3.10. The maximum atomic E-state index is 12.9. The molecule has 3 nitrogen and oxygen atoms in total. The lowest BCUT2D eigenvalue weighted by Gasteiger charge is -1.98. The van der Waals surface area contributed by atoms with E-state index in [1.165, 1.54) is 24.3 Å². The topological polar surface area (TPSA) is 38.7 Å². The molecule has 0 unspecified atom stereocenters. The number of halogens is 2. The van der Waals surface area contributed by atoms with Gasteiger partial charge in [0.2, 0.25) is 5.90 Å². The standard InChI is InChI=1S/C16H9ClFNO2/c17-12-3-1-2-10(8-12)9-14-16(20)21-15(19-14)11-4-6-13(18)7-5-11/h1-9H. The first-order chi connectivity index (χ1) is 10.1. The third-order valence-electron chi connectivity index (χ3n) is 2.86. The summed E-state index contributed by atoms with van der Waals surface area (Å²) in [6.45, 7) is 0. The summed E-state index contributed by atoms with van der Waals surface area (Å²) in [4.78, 5) is 15.9. The van der Waals surface area contributed by atoms with Gasteiger partial charge < -0.3 is 4.74 Å². The molecule has 1 aliphatic heterocycles. The zero-order valence-electron chi connectivity index (χ0n) is 10.7. The zero-order chi connectivity index (χ0) is 14.8. The van der Waals surface area contributed by atoms with Crippen molar-refractivity contribution >= 4 is 29.5 Å². The number of ether oxygens (including phenoxy) is 1. The van der Waals surface area contributed by atoms with E-state index in [-0.39, 0.29) is 17.4 Å². The van der Waals surface area contributed by atoms with E-state index in [0.29, 0.717) is 10.6 Å². The lowest BCUT2D eigenvalue weighted by Crippen LogP contribution is -2.05. The van der Waals surface area contributed by atoms with E-state index >= 15 is 0 Å². The summed E-state index contributed by atoms with van der Waals surface area (Å²) < 4.78 is 18.0. The average molecular weight is 302 g/mol. The Bertz CT molecular complexity index is 766. The number of hydrogen-bond donors (Lipinski definition) is 0. The number of esters is 1. The van der Waals surface area contributed by atoms with Gasteiger partial charge in [0.25, 0.3) is 0 Å². The van der Waals surface area contributed by atoms with E-state index in [2.05, 4.69) is 4.99 Å². The maximum Gasteiger partial charge on any atom is 0.363 e. The van der Waals surface area contributed by atoms with Gasteiger partial charge >= 0.3 is 5.97 Å². The molecular weight excluding hydrogens is 293 g/mol. The number of hydrogen-bond acceptors (Lipinski definition) is 3.